The van der Waals surface area contributed by atoms with Gasteiger partial charge < -0.3 is 31.2 Å². The summed E-state index contributed by atoms with van der Waals surface area (Å²) in [5.41, 5.74) is 5.65. The quantitative estimate of drug-likeness (QED) is 0.351. The van der Waals surface area contributed by atoms with Gasteiger partial charge in [-0.1, -0.05) is 0 Å². The van der Waals surface area contributed by atoms with Crippen LogP contribution in [0.4, 0.5) is 19.0 Å². The van der Waals surface area contributed by atoms with E-state index in [0.29, 0.717) is 17.9 Å². The number of nitrogens with two attached hydrogens (primary N) is 1. The minimum absolute atomic E-state index is 0.00228. The SMILES string of the molecule is CC1CN(c2cc(OCCO)nc(-c3cnc4cnc(C(F)(F)F)cn34)n2)C(C)C(/C(C=N)=C/N)N1. The van der Waals surface area contributed by atoms with Crippen molar-refractivity contribution in [2.45, 2.75) is 38.1 Å². The highest BCUT2D eigenvalue weighted by molar-refractivity contribution is 5.78. The molecule has 1 saturated heterocycles. The van der Waals surface area contributed by atoms with E-state index < -0.39 is 11.9 Å². The molecule has 1 aliphatic rings. The summed E-state index contributed by atoms with van der Waals surface area (Å²) in [6, 6.07) is 1.13. The molecule has 0 aliphatic carbocycles. The van der Waals surface area contributed by atoms with Crippen molar-refractivity contribution in [1.29, 1.82) is 5.41 Å². The molecule has 4 rings (SSSR count). The summed E-state index contributed by atoms with van der Waals surface area (Å²) in [6.07, 6.45) is 1.17. The second kappa shape index (κ2) is 10.1. The number of rotatable bonds is 7. The van der Waals surface area contributed by atoms with E-state index >= 15 is 0 Å². The Bertz CT molecular complexity index is 1280. The van der Waals surface area contributed by atoms with Crippen LogP contribution in [-0.2, 0) is 6.18 Å². The molecule has 3 aromatic heterocycles. The van der Waals surface area contributed by atoms with Crippen LogP contribution in [0, 0.1) is 5.41 Å². The highest BCUT2D eigenvalue weighted by atomic mass is 19.4. The number of aliphatic hydroxyl groups is 1. The number of nitrogens with one attached hydrogen (secondary N) is 2. The molecule has 1 aliphatic heterocycles. The molecule has 0 amide bonds. The second-order valence-electron chi connectivity index (χ2n) is 8.35. The maximum absolute atomic E-state index is 13.3. The fourth-order valence-electron chi connectivity index (χ4n) is 4.16. The van der Waals surface area contributed by atoms with Gasteiger partial charge in [-0.2, -0.15) is 18.2 Å². The molecule has 0 saturated carbocycles. The summed E-state index contributed by atoms with van der Waals surface area (Å²) in [4.78, 5) is 18.6. The second-order valence-corrected chi connectivity index (χ2v) is 8.35. The highest BCUT2D eigenvalue weighted by Crippen LogP contribution is 2.31. The first-order valence-electron chi connectivity index (χ1n) is 11.1. The van der Waals surface area contributed by atoms with Gasteiger partial charge in [0.25, 0.3) is 0 Å². The van der Waals surface area contributed by atoms with E-state index in [1.165, 1.54) is 23.0 Å². The largest absolute Gasteiger partial charge is 0.475 e. The number of nitrogens with zero attached hydrogens (tertiary/aromatic N) is 6. The third-order valence-electron chi connectivity index (χ3n) is 5.87. The van der Waals surface area contributed by atoms with E-state index in [9.17, 15) is 18.3 Å². The van der Waals surface area contributed by atoms with Gasteiger partial charge in [-0.3, -0.25) is 4.40 Å². The lowest BCUT2D eigenvalue weighted by atomic mass is 9.96. The minimum Gasteiger partial charge on any atom is -0.475 e. The molecule has 0 bridgehead atoms. The van der Waals surface area contributed by atoms with Crippen LogP contribution in [0.3, 0.4) is 0 Å². The highest BCUT2D eigenvalue weighted by Gasteiger charge is 2.35. The Morgan fingerprint density at radius 2 is 2.08 bits per heavy atom. The molecular weight excluding hydrogens is 479 g/mol. The van der Waals surface area contributed by atoms with Gasteiger partial charge in [-0.25, -0.2) is 15.0 Å². The van der Waals surface area contributed by atoms with Crippen LogP contribution in [-0.4, -0.2) is 73.5 Å². The molecule has 5 N–H and O–H groups in total. The standard InChI is InChI=1S/C22H26F3N9O2/c1-12-10-33(13(2)20(30-12)14(6-26)7-27)17-5-19(36-4-3-35)32-21(31-17)15-8-29-18-9-28-16(11-34(15)18)22(23,24)25/h5-9,11-13,20,26,30,35H,3-4,10,27H2,1-2H3/b14-7+,26-6?. The summed E-state index contributed by atoms with van der Waals surface area (Å²) < 4.78 is 46.7. The van der Waals surface area contributed by atoms with Gasteiger partial charge in [0.05, 0.1) is 25.0 Å². The number of ether oxygens (including phenoxy) is 1. The van der Waals surface area contributed by atoms with Crippen LogP contribution in [0.5, 0.6) is 5.88 Å². The molecule has 3 atom stereocenters. The normalized spacial score (nSPS) is 21.1. The molecule has 36 heavy (non-hydrogen) atoms. The Kier molecular flexibility index (Phi) is 7.08. The summed E-state index contributed by atoms with van der Waals surface area (Å²) in [6.45, 7) is 4.18. The van der Waals surface area contributed by atoms with E-state index in [4.69, 9.17) is 15.9 Å². The van der Waals surface area contributed by atoms with Crippen LogP contribution in [0.15, 0.2) is 36.4 Å². The molecule has 1 fully saturated rings. The fourth-order valence-corrected chi connectivity index (χ4v) is 4.16. The predicted molar refractivity (Wildman–Crippen MR) is 126 cm³/mol. The van der Waals surface area contributed by atoms with Crippen LogP contribution < -0.4 is 20.7 Å². The van der Waals surface area contributed by atoms with Crippen molar-refractivity contribution < 1.29 is 23.0 Å². The Hall–Kier alpha value is -3.78. The van der Waals surface area contributed by atoms with Gasteiger partial charge in [0.1, 0.15) is 18.1 Å². The smallest absolute Gasteiger partial charge is 0.434 e. The van der Waals surface area contributed by atoms with Gasteiger partial charge in [-0.15, -0.1) is 0 Å². The van der Waals surface area contributed by atoms with Gasteiger partial charge in [0.15, 0.2) is 17.2 Å². The predicted octanol–water partition coefficient (Wildman–Crippen LogP) is 1.62. The van der Waals surface area contributed by atoms with Crippen molar-refractivity contribution in [2.24, 2.45) is 5.73 Å². The molecule has 0 radical (unpaired) electrons. The number of hydrogen-bond acceptors (Lipinski definition) is 10. The topological polar surface area (TPSA) is 151 Å². The zero-order chi connectivity index (χ0) is 26.0. The minimum atomic E-state index is -4.64. The number of aliphatic hydroxyl groups excluding tert-OH is 1. The third-order valence-corrected chi connectivity index (χ3v) is 5.87. The monoisotopic (exact) mass is 505 g/mol. The zero-order valence-electron chi connectivity index (χ0n) is 19.6. The van der Waals surface area contributed by atoms with E-state index in [1.54, 1.807) is 6.07 Å². The lowest BCUT2D eigenvalue weighted by molar-refractivity contribution is -0.141. The Morgan fingerprint density at radius 1 is 1.31 bits per heavy atom. The van der Waals surface area contributed by atoms with Crippen molar-refractivity contribution in [3.63, 3.8) is 0 Å². The Labute approximate surface area is 204 Å². The first kappa shape index (κ1) is 25.3. The molecule has 11 nitrogen and oxygen atoms in total. The van der Waals surface area contributed by atoms with Crippen LogP contribution in [0.2, 0.25) is 0 Å². The lowest BCUT2D eigenvalue weighted by Gasteiger charge is -2.44. The van der Waals surface area contributed by atoms with Gasteiger partial charge in [0.2, 0.25) is 5.88 Å². The Morgan fingerprint density at radius 3 is 2.75 bits per heavy atom. The number of aromatic nitrogens is 5. The number of anilines is 1. The van der Waals surface area contributed by atoms with Crippen LogP contribution in [0.1, 0.15) is 19.5 Å². The number of fused-ring (bicyclic) bond motifs is 1. The van der Waals surface area contributed by atoms with Crippen molar-refractivity contribution in [1.82, 2.24) is 29.7 Å². The average molecular weight is 506 g/mol. The van der Waals surface area contributed by atoms with Gasteiger partial charge in [-0.05, 0) is 13.8 Å². The number of imidazole rings is 1. The molecule has 0 aromatic carbocycles. The number of piperazine rings is 1. The van der Waals surface area contributed by atoms with Gasteiger partial charge >= 0.3 is 6.18 Å². The molecule has 14 heteroatoms. The first-order valence-corrected chi connectivity index (χ1v) is 11.1. The first-order chi connectivity index (χ1) is 17.2. The van der Waals surface area contributed by atoms with Crippen molar-refractivity contribution in [2.75, 3.05) is 24.7 Å². The molecule has 3 aromatic rings. The summed E-state index contributed by atoms with van der Waals surface area (Å²) in [5, 5.41) is 20.3. The van der Waals surface area contributed by atoms with E-state index in [1.807, 2.05) is 18.7 Å². The molecule has 3 unspecified atom stereocenters. The zero-order valence-corrected chi connectivity index (χ0v) is 19.6. The van der Waals surface area contributed by atoms with Gasteiger partial charge in [0, 0.05) is 48.9 Å². The van der Waals surface area contributed by atoms with Crippen molar-refractivity contribution >= 4 is 17.7 Å². The summed E-state index contributed by atoms with van der Waals surface area (Å²) in [5.74, 6) is 0.685. The van der Waals surface area contributed by atoms with E-state index in [2.05, 4.69) is 25.3 Å². The summed E-state index contributed by atoms with van der Waals surface area (Å²) >= 11 is 0. The number of hydrogen-bond donors (Lipinski definition) is 4. The third kappa shape index (κ3) is 4.95. The average Bonchev–Trinajstić information content (AvgIpc) is 3.28. The van der Waals surface area contributed by atoms with Crippen molar-refractivity contribution in [3.05, 3.63) is 42.1 Å². The molecule has 192 valence electrons. The van der Waals surface area contributed by atoms with E-state index in [0.717, 1.165) is 12.4 Å². The van der Waals surface area contributed by atoms with Crippen LogP contribution in [0.25, 0.3) is 17.2 Å². The number of alkyl halides is 3. The molecule has 4 heterocycles. The van der Waals surface area contributed by atoms with Crippen molar-refractivity contribution in [3.8, 4) is 17.4 Å². The fraction of sp³-hybridized carbons (Fsp3) is 0.409. The molecular formula is C22H26F3N9O2. The maximum Gasteiger partial charge on any atom is 0.434 e. The van der Waals surface area contributed by atoms with E-state index in [-0.39, 0.29) is 54.4 Å². The molecule has 0 spiro atoms. The van der Waals surface area contributed by atoms with Crippen LogP contribution >= 0.6 is 0 Å². The summed E-state index contributed by atoms with van der Waals surface area (Å²) in [7, 11) is 0. The number of halogens is 3. The Balaban J connectivity index is 1.82. The maximum atomic E-state index is 13.3. The lowest BCUT2D eigenvalue weighted by Crippen LogP contribution is -2.61.